The van der Waals surface area contributed by atoms with Crippen molar-refractivity contribution < 1.29 is 17.6 Å². The molecule has 2 heterocycles. The van der Waals surface area contributed by atoms with E-state index in [0.717, 1.165) is 22.3 Å². The summed E-state index contributed by atoms with van der Waals surface area (Å²) >= 11 is 1.53. The van der Waals surface area contributed by atoms with Crippen LogP contribution >= 0.6 is 11.8 Å². The molecule has 0 spiro atoms. The summed E-state index contributed by atoms with van der Waals surface area (Å²) in [6, 6.07) is 8.27. The third-order valence-corrected chi connectivity index (χ3v) is 6.93. The summed E-state index contributed by atoms with van der Waals surface area (Å²) in [6.45, 7) is 2.34. The molecule has 0 radical (unpaired) electrons. The summed E-state index contributed by atoms with van der Waals surface area (Å²) in [7, 11) is 1.49. The van der Waals surface area contributed by atoms with Crippen molar-refractivity contribution in [3.8, 4) is 17.1 Å². The summed E-state index contributed by atoms with van der Waals surface area (Å²) in [5.41, 5.74) is 0.922. The lowest BCUT2D eigenvalue weighted by atomic mass is 10.2. The first-order valence-electron chi connectivity index (χ1n) is 8.52. The van der Waals surface area contributed by atoms with E-state index in [1.54, 1.807) is 30.5 Å². The number of benzene rings is 1. The van der Waals surface area contributed by atoms with Gasteiger partial charge in [-0.1, -0.05) is 11.8 Å². The van der Waals surface area contributed by atoms with E-state index in [4.69, 9.17) is 9.15 Å². The monoisotopic (exact) mass is 422 g/mol. The SMILES string of the molecule is Cc1occc1-c1nnc(SCCOc2ccc(S(=O)(=O)N(C)C)cc2)n1C. The first-order chi connectivity index (χ1) is 13.3. The molecule has 0 amide bonds. The highest BCUT2D eigenvalue weighted by molar-refractivity contribution is 7.99. The molecule has 2 aromatic heterocycles. The van der Waals surface area contributed by atoms with Crippen LogP contribution in [0.4, 0.5) is 0 Å². The van der Waals surface area contributed by atoms with Gasteiger partial charge in [-0.2, -0.15) is 0 Å². The predicted octanol–water partition coefficient (Wildman–Crippen LogP) is 2.80. The third kappa shape index (κ3) is 4.23. The fraction of sp³-hybridized carbons (Fsp3) is 0.333. The van der Waals surface area contributed by atoms with Crippen LogP contribution in [0, 0.1) is 6.92 Å². The Kier molecular flexibility index (Phi) is 6.11. The van der Waals surface area contributed by atoms with Gasteiger partial charge in [-0.25, -0.2) is 12.7 Å². The van der Waals surface area contributed by atoms with Crippen LogP contribution in [0.25, 0.3) is 11.4 Å². The Morgan fingerprint density at radius 3 is 2.50 bits per heavy atom. The molecule has 0 unspecified atom stereocenters. The number of hydrogen-bond donors (Lipinski definition) is 0. The topological polar surface area (TPSA) is 90.5 Å². The number of furan rings is 1. The largest absolute Gasteiger partial charge is 0.493 e. The number of aromatic nitrogens is 3. The van der Waals surface area contributed by atoms with Crippen molar-refractivity contribution in [2.45, 2.75) is 17.0 Å². The van der Waals surface area contributed by atoms with Gasteiger partial charge >= 0.3 is 0 Å². The smallest absolute Gasteiger partial charge is 0.242 e. The van der Waals surface area contributed by atoms with Gasteiger partial charge in [0.05, 0.1) is 23.3 Å². The molecule has 0 N–H and O–H groups in total. The van der Waals surface area contributed by atoms with Crippen molar-refractivity contribution in [2.24, 2.45) is 7.05 Å². The van der Waals surface area contributed by atoms with E-state index in [0.29, 0.717) is 18.1 Å². The Morgan fingerprint density at radius 2 is 1.89 bits per heavy atom. The van der Waals surface area contributed by atoms with Gasteiger partial charge in [0, 0.05) is 26.9 Å². The van der Waals surface area contributed by atoms with Crippen LogP contribution in [0.15, 0.2) is 51.1 Å². The normalized spacial score (nSPS) is 11.9. The minimum atomic E-state index is -3.43. The molecule has 3 aromatic rings. The maximum absolute atomic E-state index is 12.1. The first-order valence-corrected chi connectivity index (χ1v) is 11.0. The molecule has 0 aliphatic heterocycles. The molecular weight excluding hydrogens is 400 g/mol. The number of rotatable bonds is 8. The van der Waals surface area contributed by atoms with E-state index in [1.165, 1.54) is 30.2 Å². The van der Waals surface area contributed by atoms with Gasteiger partial charge in [-0.05, 0) is 37.3 Å². The van der Waals surface area contributed by atoms with Crippen LogP contribution in [0.5, 0.6) is 5.75 Å². The minimum Gasteiger partial charge on any atom is -0.493 e. The molecule has 150 valence electrons. The molecule has 3 rings (SSSR count). The number of nitrogens with zero attached hydrogens (tertiary/aromatic N) is 4. The van der Waals surface area contributed by atoms with Crippen molar-refractivity contribution in [3.63, 3.8) is 0 Å². The fourth-order valence-corrected chi connectivity index (χ4v) is 4.13. The molecule has 8 nitrogen and oxygen atoms in total. The maximum Gasteiger partial charge on any atom is 0.242 e. The van der Waals surface area contributed by atoms with Crippen LogP contribution in [-0.2, 0) is 17.1 Å². The lowest BCUT2D eigenvalue weighted by molar-refractivity contribution is 0.343. The zero-order valence-corrected chi connectivity index (χ0v) is 17.7. The molecule has 0 aliphatic carbocycles. The maximum atomic E-state index is 12.1. The van der Waals surface area contributed by atoms with E-state index in [-0.39, 0.29) is 4.90 Å². The zero-order chi connectivity index (χ0) is 20.3. The summed E-state index contributed by atoms with van der Waals surface area (Å²) in [6.07, 6.45) is 1.63. The highest BCUT2D eigenvalue weighted by Gasteiger charge is 2.17. The highest BCUT2D eigenvalue weighted by atomic mass is 32.2. The van der Waals surface area contributed by atoms with Crippen molar-refractivity contribution in [1.29, 1.82) is 0 Å². The summed E-state index contributed by atoms with van der Waals surface area (Å²) in [5.74, 6) is 2.85. The van der Waals surface area contributed by atoms with Crippen molar-refractivity contribution in [2.75, 3.05) is 26.5 Å². The fourth-order valence-electron chi connectivity index (χ4n) is 2.50. The third-order valence-electron chi connectivity index (χ3n) is 4.12. The van der Waals surface area contributed by atoms with Crippen LogP contribution in [0.2, 0.25) is 0 Å². The van der Waals surface area contributed by atoms with Gasteiger partial charge in [0.15, 0.2) is 11.0 Å². The summed E-state index contributed by atoms with van der Waals surface area (Å²) in [4.78, 5) is 0.236. The second-order valence-electron chi connectivity index (χ2n) is 6.21. The van der Waals surface area contributed by atoms with Crippen LogP contribution < -0.4 is 4.74 Å². The summed E-state index contributed by atoms with van der Waals surface area (Å²) < 4.78 is 38.2. The Balaban J connectivity index is 1.54. The highest BCUT2D eigenvalue weighted by Crippen LogP contribution is 2.26. The van der Waals surface area contributed by atoms with Gasteiger partial charge in [0.2, 0.25) is 10.0 Å². The molecule has 0 aliphatic rings. The van der Waals surface area contributed by atoms with E-state index in [1.807, 2.05) is 24.6 Å². The average molecular weight is 423 g/mol. The molecule has 0 saturated heterocycles. The number of sulfonamides is 1. The minimum absolute atomic E-state index is 0.236. The van der Waals surface area contributed by atoms with Crippen molar-refractivity contribution in [3.05, 3.63) is 42.4 Å². The Hall–Kier alpha value is -2.30. The average Bonchev–Trinajstić information content (AvgIpc) is 3.24. The molecule has 0 fully saturated rings. The first kappa shape index (κ1) is 20.4. The zero-order valence-electron chi connectivity index (χ0n) is 16.1. The summed E-state index contributed by atoms with van der Waals surface area (Å²) in [5, 5.41) is 9.24. The lowest BCUT2D eigenvalue weighted by Crippen LogP contribution is -2.22. The number of ether oxygens (including phenoxy) is 1. The Labute approximate surface area is 168 Å². The molecule has 0 atom stereocenters. The Bertz CT molecular complexity index is 1040. The number of hydrogen-bond acceptors (Lipinski definition) is 7. The standard InChI is InChI=1S/C18H22N4O4S2/c1-13-16(9-10-25-13)17-19-20-18(22(17)4)27-12-11-26-14-5-7-15(8-6-14)28(23,24)21(2)3/h5-10H,11-12H2,1-4H3. The molecule has 0 bridgehead atoms. The van der Waals surface area contributed by atoms with Gasteiger partial charge in [0.1, 0.15) is 11.5 Å². The van der Waals surface area contributed by atoms with Crippen LogP contribution in [-0.4, -0.2) is 53.9 Å². The van der Waals surface area contributed by atoms with Crippen LogP contribution in [0.3, 0.4) is 0 Å². The number of aryl methyl sites for hydroxylation is 1. The second-order valence-corrected chi connectivity index (χ2v) is 9.43. The van der Waals surface area contributed by atoms with Gasteiger partial charge in [0.25, 0.3) is 0 Å². The molecule has 10 heteroatoms. The predicted molar refractivity (Wildman–Crippen MR) is 107 cm³/mol. The lowest BCUT2D eigenvalue weighted by Gasteiger charge is -2.12. The van der Waals surface area contributed by atoms with E-state index >= 15 is 0 Å². The van der Waals surface area contributed by atoms with Gasteiger partial charge in [-0.15, -0.1) is 10.2 Å². The quantitative estimate of drug-likeness (QED) is 0.407. The van der Waals surface area contributed by atoms with Crippen molar-refractivity contribution >= 4 is 21.8 Å². The van der Waals surface area contributed by atoms with Gasteiger partial charge < -0.3 is 13.7 Å². The van der Waals surface area contributed by atoms with Gasteiger partial charge in [-0.3, -0.25) is 0 Å². The van der Waals surface area contributed by atoms with E-state index < -0.39 is 10.0 Å². The molecular formula is C18H22N4O4S2. The van der Waals surface area contributed by atoms with E-state index in [2.05, 4.69) is 10.2 Å². The number of thioether (sulfide) groups is 1. The second kappa shape index (κ2) is 8.38. The van der Waals surface area contributed by atoms with E-state index in [9.17, 15) is 8.42 Å². The molecule has 0 saturated carbocycles. The van der Waals surface area contributed by atoms with Crippen LogP contribution in [0.1, 0.15) is 5.76 Å². The molecule has 1 aromatic carbocycles. The Morgan fingerprint density at radius 1 is 1.18 bits per heavy atom. The molecule has 28 heavy (non-hydrogen) atoms. The van der Waals surface area contributed by atoms with Crippen molar-refractivity contribution in [1.82, 2.24) is 19.1 Å².